The number of nitrogens with one attached hydrogen (secondary N) is 1. The number of carbonyl (C=O) groups is 2. The third-order valence-corrected chi connectivity index (χ3v) is 5.45. The van der Waals surface area contributed by atoms with Crippen molar-refractivity contribution in [3.63, 3.8) is 0 Å². The zero-order valence-electron chi connectivity index (χ0n) is 19.5. The summed E-state index contributed by atoms with van der Waals surface area (Å²) in [5.41, 5.74) is 1.65. The monoisotopic (exact) mass is 508 g/mol. The number of rotatable bonds is 8. The van der Waals surface area contributed by atoms with Gasteiger partial charge < -0.3 is 24.6 Å². The van der Waals surface area contributed by atoms with Crippen molar-refractivity contribution >= 4 is 29.2 Å². The first-order chi connectivity index (χ1) is 17.3. The van der Waals surface area contributed by atoms with Gasteiger partial charge in [0.2, 0.25) is 11.6 Å². The quantitative estimate of drug-likeness (QED) is 0.355. The normalized spacial score (nSPS) is 10.6. The number of hydrogen-bond acceptors (Lipinski definition) is 7. The minimum Gasteiger partial charge on any atom is -0.493 e. The predicted molar refractivity (Wildman–Crippen MR) is 133 cm³/mol. The molecule has 2 N–H and O–H groups in total. The smallest absolute Gasteiger partial charge is 0.335 e. The number of aromatic nitrogens is 3. The molecule has 1 aromatic heterocycles. The van der Waals surface area contributed by atoms with Gasteiger partial charge in [-0.15, -0.1) is 5.10 Å². The number of carbonyl (C=O) groups excluding carboxylic acids is 1. The Morgan fingerprint density at radius 3 is 2.06 bits per heavy atom. The van der Waals surface area contributed by atoms with Crippen LogP contribution in [0.5, 0.6) is 17.2 Å². The first-order valence-corrected chi connectivity index (χ1v) is 10.9. The van der Waals surface area contributed by atoms with Crippen molar-refractivity contribution in [3.05, 3.63) is 77.1 Å². The molecule has 0 aliphatic carbocycles. The molecular formula is C25H21ClN4O6. The molecular weight excluding hydrogens is 488 g/mol. The maximum atomic E-state index is 13.0. The highest BCUT2D eigenvalue weighted by Gasteiger charge is 2.22. The summed E-state index contributed by atoms with van der Waals surface area (Å²) in [5, 5.41) is 16.7. The van der Waals surface area contributed by atoms with Gasteiger partial charge in [0.25, 0.3) is 5.91 Å². The average molecular weight is 509 g/mol. The highest BCUT2D eigenvalue weighted by molar-refractivity contribution is 6.30. The van der Waals surface area contributed by atoms with Gasteiger partial charge in [-0.3, -0.25) is 4.79 Å². The van der Waals surface area contributed by atoms with E-state index in [0.717, 1.165) is 0 Å². The Morgan fingerprint density at radius 2 is 1.53 bits per heavy atom. The van der Waals surface area contributed by atoms with Gasteiger partial charge in [-0.2, -0.15) is 0 Å². The van der Waals surface area contributed by atoms with Crippen molar-refractivity contribution in [2.45, 2.75) is 0 Å². The molecule has 0 radical (unpaired) electrons. The van der Waals surface area contributed by atoms with Gasteiger partial charge in [0.15, 0.2) is 17.3 Å². The van der Waals surface area contributed by atoms with Crippen molar-refractivity contribution in [2.24, 2.45) is 0 Å². The van der Waals surface area contributed by atoms with Crippen LogP contribution in [0, 0.1) is 0 Å². The fourth-order valence-corrected chi connectivity index (χ4v) is 3.58. The minimum absolute atomic E-state index is 0.0998. The average Bonchev–Trinajstić information content (AvgIpc) is 3.34. The number of aromatic carboxylic acids is 1. The number of carboxylic acids is 1. The Morgan fingerprint density at radius 1 is 0.917 bits per heavy atom. The summed E-state index contributed by atoms with van der Waals surface area (Å²) >= 11 is 6.05. The van der Waals surface area contributed by atoms with Gasteiger partial charge in [-0.1, -0.05) is 11.6 Å². The van der Waals surface area contributed by atoms with Crippen LogP contribution in [0.2, 0.25) is 5.02 Å². The number of anilines is 1. The lowest BCUT2D eigenvalue weighted by molar-refractivity contribution is 0.0696. The minimum atomic E-state index is -1.06. The Bertz CT molecular complexity index is 1390. The largest absolute Gasteiger partial charge is 0.493 e. The molecule has 0 aliphatic rings. The van der Waals surface area contributed by atoms with Gasteiger partial charge in [0, 0.05) is 16.3 Å². The van der Waals surface area contributed by atoms with Crippen molar-refractivity contribution in [2.75, 3.05) is 26.6 Å². The summed E-state index contributed by atoms with van der Waals surface area (Å²) in [6.07, 6.45) is 0. The van der Waals surface area contributed by atoms with E-state index in [4.69, 9.17) is 30.9 Å². The molecule has 0 aliphatic heterocycles. The van der Waals surface area contributed by atoms with Crippen LogP contribution in [-0.2, 0) is 0 Å². The number of amides is 1. The van der Waals surface area contributed by atoms with Crippen LogP contribution in [0.4, 0.5) is 5.69 Å². The van der Waals surface area contributed by atoms with Crippen LogP contribution in [0.15, 0.2) is 60.7 Å². The van der Waals surface area contributed by atoms with Gasteiger partial charge in [-0.25, -0.2) is 14.5 Å². The zero-order valence-corrected chi connectivity index (χ0v) is 20.2. The first-order valence-electron chi connectivity index (χ1n) is 10.5. The summed E-state index contributed by atoms with van der Waals surface area (Å²) in [6, 6.07) is 16.0. The fraction of sp³-hybridized carbons (Fsp3) is 0.120. The van der Waals surface area contributed by atoms with Gasteiger partial charge in [0.05, 0.1) is 32.6 Å². The second-order valence-electron chi connectivity index (χ2n) is 7.40. The van der Waals surface area contributed by atoms with Crippen molar-refractivity contribution < 1.29 is 28.9 Å². The molecule has 0 unspecified atom stereocenters. The fourth-order valence-electron chi connectivity index (χ4n) is 3.45. The Labute approximate surface area is 211 Å². The number of ether oxygens (including phenoxy) is 3. The molecule has 1 heterocycles. The molecule has 0 saturated carbocycles. The van der Waals surface area contributed by atoms with E-state index in [-0.39, 0.29) is 11.4 Å². The molecule has 11 heteroatoms. The molecule has 1 amide bonds. The molecule has 4 rings (SSSR count). The van der Waals surface area contributed by atoms with E-state index < -0.39 is 11.9 Å². The molecule has 184 valence electrons. The van der Waals surface area contributed by atoms with Crippen molar-refractivity contribution in [1.29, 1.82) is 0 Å². The second-order valence-corrected chi connectivity index (χ2v) is 7.83. The topological polar surface area (TPSA) is 125 Å². The number of nitrogens with zero attached hydrogens (tertiary/aromatic N) is 3. The highest BCUT2D eigenvalue weighted by atomic mass is 35.5. The number of hydrogen-bond donors (Lipinski definition) is 2. The third-order valence-electron chi connectivity index (χ3n) is 5.19. The van der Waals surface area contributed by atoms with E-state index in [0.29, 0.717) is 45.0 Å². The van der Waals surface area contributed by atoms with Gasteiger partial charge in [0.1, 0.15) is 0 Å². The van der Waals surface area contributed by atoms with Crippen LogP contribution < -0.4 is 19.5 Å². The van der Waals surface area contributed by atoms with Crippen molar-refractivity contribution in [3.8, 4) is 34.3 Å². The van der Waals surface area contributed by atoms with Gasteiger partial charge in [-0.05, 0) is 60.7 Å². The van der Waals surface area contributed by atoms with Gasteiger partial charge >= 0.3 is 5.97 Å². The Kier molecular flexibility index (Phi) is 7.07. The van der Waals surface area contributed by atoms with E-state index >= 15 is 0 Å². The lowest BCUT2D eigenvalue weighted by Gasteiger charge is -2.14. The number of halogens is 1. The molecule has 0 atom stereocenters. The van der Waals surface area contributed by atoms with E-state index in [2.05, 4.69) is 15.4 Å². The Balaban J connectivity index is 1.79. The lowest BCUT2D eigenvalue weighted by Crippen LogP contribution is -2.14. The second kappa shape index (κ2) is 10.4. The maximum Gasteiger partial charge on any atom is 0.335 e. The number of carboxylic acid groups (broad SMARTS) is 1. The standard InChI is InChI=1S/C25H21ClN4O6/c1-34-19-12-15(13-20(35-2)21(19)36-3)23-28-22(29-30(23)18-10-6-16(26)7-11-18)24(31)27-17-8-4-14(5-9-17)25(32)33/h4-13H,1-3H3,(H,27,31)(H,32,33). The number of benzene rings is 3. The summed E-state index contributed by atoms with van der Waals surface area (Å²) in [7, 11) is 4.50. The summed E-state index contributed by atoms with van der Waals surface area (Å²) < 4.78 is 17.8. The summed E-state index contributed by atoms with van der Waals surface area (Å²) in [6.45, 7) is 0. The molecule has 0 saturated heterocycles. The van der Waals surface area contributed by atoms with Crippen molar-refractivity contribution in [1.82, 2.24) is 14.8 Å². The molecule has 0 bridgehead atoms. The van der Waals surface area contributed by atoms with E-state index in [1.54, 1.807) is 36.4 Å². The lowest BCUT2D eigenvalue weighted by atomic mass is 10.1. The highest BCUT2D eigenvalue weighted by Crippen LogP contribution is 2.41. The molecule has 3 aromatic carbocycles. The third kappa shape index (κ3) is 4.93. The SMILES string of the molecule is COc1cc(-c2nc(C(=O)Nc3ccc(C(=O)O)cc3)nn2-c2ccc(Cl)cc2)cc(OC)c1OC. The van der Waals surface area contributed by atoms with Crippen LogP contribution in [0.3, 0.4) is 0 Å². The zero-order chi connectivity index (χ0) is 25.8. The Hall–Kier alpha value is -4.57. The van der Waals surface area contributed by atoms with Crippen LogP contribution in [0.25, 0.3) is 17.1 Å². The molecule has 10 nitrogen and oxygen atoms in total. The molecule has 0 fully saturated rings. The van der Waals surface area contributed by atoms with Crippen LogP contribution in [-0.4, -0.2) is 53.1 Å². The summed E-state index contributed by atoms with van der Waals surface area (Å²) in [4.78, 5) is 28.6. The van der Waals surface area contributed by atoms with E-state index in [1.807, 2.05) is 0 Å². The molecule has 0 spiro atoms. The molecule has 36 heavy (non-hydrogen) atoms. The van der Waals surface area contributed by atoms with E-state index in [9.17, 15) is 9.59 Å². The van der Waals surface area contributed by atoms with E-state index in [1.165, 1.54) is 50.3 Å². The van der Waals surface area contributed by atoms with Crippen LogP contribution in [0.1, 0.15) is 21.0 Å². The molecule has 4 aromatic rings. The predicted octanol–water partition coefficient (Wildman–Crippen LogP) is 4.56. The number of methoxy groups -OCH3 is 3. The van der Waals surface area contributed by atoms with Crippen LogP contribution >= 0.6 is 11.6 Å². The first kappa shape index (κ1) is 24.6. The maximum absolute atomic E-state index is 13.0. The summed E-state index contributed by atoms with van der Waals surface area (Å²) in [5.74, 6) is -0.210.